The molecule has 5 heteroatoms. The topological polar surface area (TPSA) is 39.1 Å². The Labute approximate surface area is 108 Å². The van der Waals surface area contributed by atoms with Crippen LogP contribution in [0.15, 0.2) is 12.4 Å². The first kappa shape index (κ1) is 14.4. The molecule has 4 nitrogen and oxygen atoms in total. The Hall–Kier alpha value is -0.680. The molecule has 1 atom stereocenters. The number of aromatic nitrogens is 2. The number of imidazole rings is 1. The monoisotopic (exact) mass is 257 g/mol. The first-order valence-electron chi connectivity index (χ1n) is 6.13. The second-order valence-corrected chi connectivity index (χ2v) is 5.26. The van der Waals surface area contributed by atoms with Gasteiger partial charge in [0.05, 0.1) is 0 Å². The summed E-state index contributed by atoms with van der Waals surface area (Å²) in [6, 6.07) is 0.479. The number of thioether (sulfide) groups is 1. The van der Waals surface area contributed by atoms with Gasteiger partial charge in [-0.2, -0.15) is 11.8 Å². The van der Waals surface area contributed by atoms with E-state index in [0.29, 0.717) is 6.04 Å². The van der Waals surface area contributed by atoms with Crippen LogP contribution in [0.1, 0.15) is 26.3 Å². The summed E-state index contributed by atoms with van der Waals surface area (Å²) in [5, 5.41) is 3.35. The molecule has 0 radical (unpaired) electrons. The predicted octanol–water partition coefficient (Wildman–Crippen LogP) is 2.65. The third-order valence-corrected chi connectivity index (χ3v) is 3.64. The minimum absolute atomic E-state index is 0.479. The highest BCUT2D eigenvalue weighted by Gasteiger charge is 2.08. The third kappa shape index (κ3) is 5.00. The molecule has 0 spiro atoms. The highest BCUT2D eigenvalue weighted by Crippen LogP contribution is 2.17. The van der Waals surface area contributed by atoms with Gasteiger partial charge in [0.15, 0.2) is 0 Å². The van der Waals surface area contributed by atoms with Crippen LogP contribution in [0.25, 0.3) is 0 Å². The predicted molar refractivity (Wildman–Crippen MR) is 74.9 cm³/mol. The fourth-order valence-corrected chi connectivity index (χ4v) is 2.33. The molecule has 1 rings (SSSR count). The second kappa shape index (κ2) is 8.42. The van der Waals surface area contributed by atoms with Crippen LogP contribution in [0.5, 0.6) is 0 Å². The van der Waals surface area contributed by atoms with E-state index in [9.17, 15) is 0 Å². The molecule has 1 N–H and O–H groups in total. The Morgan fingerprint density at radius 2 is 2.41 bits per heavy atom. The molecule has 0 aliphatic rings. The van der Waals surface area contributed by atoms with Crippen LogP contribution in [-0.4, -0.2) is 41.3 Å². The van der Waals surface area contributed by atoms with E-state index in [1.165, 1.54) is 0 Å². The number of hydrogen-bond donors (Lipinski definition) is 1. The van der Waals surface area contributed by atoms with Crippen LogP contribution in [0, 0.1) is 0 Å². The fourth-order valence-electron chi connectivity index (χ4n) is 1.59. The number of hydrogen-bond acceptors (Lipinski definition) is 4. The summed E-state index contributed by atoms with van der Waals surface area (Å²) in [5.74, 6) is 3.25. The average molecular weight is 257 g/mol. The molecular formula is C12H23N3OS. The quantitative estimate of drug-likeness (QED) is 0.690. The SMILES string of the molecule is CCSCC(C)n1ccnc1NCCCOC. The van der Waals surface area contributed by atoms with E-state index in [0.717, 1.165) is 37.0 Å². The van der Waals surface area contributed by atoms with Gasteiger partial charge >= 0.3 is 0 Å². The summed E-state index contributed by atoms with van der Waals surface area (Å²) in [5.41, 5.74) is 0. The number of ether oxygens (including phenoxy) is 1. The zero-order chi connectivity index (χ0) is 12.5. The van der Waals surface area contributed by atoms with Gasteiger partial charge in [0.1, 0.15) is 0 Å². The first-order chi connectivity index (χ1) is 8.29. The van der Waals surface area contributed by atoms with E-state index < -0.39 is 0 Å². The van der Waals surface area contributed by atoms with Crippen molar-refractivity contribution in [2.45, 2.75) is 26.3 Å². The van der Waals surface area contributed by atoms with Crippen molar-refractivity contribution in [3.8, 4) is 0 Å². The molecule has 0 saturated heterocycles. The Morgan fingerprint density at radius 3 is 3.12 bits per heavy atom. The lowest BCUT2D eigenvalue weighted by molar-refractivity contribution is 0.197. The minimum atomic E-state index is 0.479. The van der Waals surface area contributed by atoms with Gasteiger partial charge in [-0.15, -0.1) is 0 Å². The fraction of sp³-hybridized carbons (Fsp3) is 0.750. The van der Waals surface area contributed by atoms with Crippen molar-refractivity contribution >= 4 is 17.7 Å². The second-order valence-electron chi connectivity index (χ2n) is 3.94. The molecule has 1 aromatic rings. The standard InChI is InChI=1S/C12H23N3OS/c1-4-17-10-11(2)15-8-7-14-12(15)13-6-5-9-16-3/h7-8,11H,4-6,9-10H2,1-3H3,(H,13,14). The van der Waals surface area contributed by atoms with Crippen LogP contribution < -0.4 is 5.32 Å². The Kier molecular flexibility index (Phi) is 7.12. The lowest BCUT2D eigenvalue weighted by Crippen LogP contribution is -2.14. The lowest BCUT2D eigenvalue weighted by atomic mass is 10.4. The third-order valence-electron chi connectivity index (χ3n) is 2.52. The molecule has 1 heterocycles. The van der Waals surface area contributed by atoms with Crippen molar-refractivity contribution in [2.75, 3.05) is 37.1 Å². The van der Waals surface area contributed by atoms with Crippen LogP contribution in [-0.2, 0) is 4.74 Å². The van der Waals surface area contributed by atoms with Gasteiger partial charge in [0.2, 0.25) is 5.95 Å². The molecule has 0 saturated carbocycles. The summed E-state index contributed by atoms with van der Waals surface area (Å²) >= 11 is 1.96. The summed E-state index contributed by atoms with van der Waals surface area (Å²) in [4.78, 5) is 4.34. The maximum atomic E-state index is 5.02. The van der Waals surface area contributed by atoms with Crippen LogP contribution in [0.4, 0.5) is 5.95 Å². The van der Waals surface area contributed by atoms with Gasteiger partial charge in [0.25, 0.3) is 0 Å². The van der Waals surface area contributed by atoms with Crippen LogP contribution in [0.3, 0.4) is 0 Å². The smallest absolute Gasteiger partial charge is 0.203 e. The summed E-state index contributed by atoms with van der Waals surface area (Å²) < 4.78 is 7.23. The molecule has 17 heavy (non-hydrogen) atoms. The van der Waals surface area contributed by atoms with Crippen molar-refractivity contribution in [2.24, 2.45) is 0 Å². The normalized spacial score (nSPS) is 12.6. The highest BCUT2D eigenvalue weighted by molar-refractivity contribution is 7.99. The largest absolute Gasteiger partial charge is 0.385 e. The number of anilines is 1. The molecule has 1 unspecified atom stereocenters. The van der Waals surface area contributed by atoms with Crippen molar-refractivity contribution < 1.29 is 4.74 Å². The first-order valence-corrected chi connectivity index (χ1v) is 7.28. The van der Waals surface area contributed by atoms with Gasteiger partial charge in [-0.1, -0.05) is 6.92 Å². The van der Waals surface area contributed by atoms with E-state index in [1.54, 1.807) is 7.11 Å². The van der Waals surface area contributed by atoms with E-state index in [-0.39, 0.29) is 0 Å². The average Bonchev–Trinajstić information content (AvgIpc) is 2.80. The van der Waals surface area contributed by atoms with Crippen molar-refractivity contribution in [3.05, 3.63) is 12.4 Å². The van der Waals surface area contributed by atoms with E-state index in [1.807, 2.05) is 24.2 Å². The molecule has 0 aliphatic heterocycles. The van der Waals surface area contributed by atoms with Crippen molar-refractivity contribution in [3.63, 3.8) is 0 Å². The summed E-state index contributed by atoms with van der Waals surface area (Å²) in [6.07, 6.45) is 4.90. The molecule has 1 aromatic heterocycles. The highest BCUT2D eigenvalue weighted by atomic mass is 32.2. The number of nitrogens with one attached hydrogen (secondary N) is 1. The van der Waals surface area contributed by atoms with E-state index in [4.69, 9.17) is 4.74 Å². The Balaban J connectivity index is 2.41. The minimum Gasteiger partial charge on any atom is -0.385 e. The zero-order valence-corrected chi connectivity index (χ0v) is 11.8. The molecule has 0 aromatic carbocycles. The number of rotatable bonds is 9. The summed E-state index contributed by atoms with van der Waals surface area (Å²) in [6.45, 7) is 6.10. The Bertz CT molecular complexity index is 304. The van der Waals surface area contributed by atoms with Gasteiger partial charge in [-0.3, -0.25) is 0 Å². The molecule has 0 amide bonds. The maximum absolute atomic E-state index is 5.02. The van der Waals surface area contributed by atoms with Crippen molar-refractivity contribution in [1.82, 2.24) is 9.55 Å². The van der Waals surface area contributed by atoms with Crippen LogP contribution >= 0.6 is 11.8 Å². The number of nitrogens with zero attached hydrogens (tertiary/aromatic N) is 2. The van der Waals surface area contributed by atoms with Gasteiger partial charge in [0, 0.05) is 44.4 Å². The maximum Gasteiger partial charge on any atom is 0.203 e. The Morgan fingerprint density at radius 1 is 1.59 bits per heavy atom. The van der Waals surface area contributed by atoms with Crippen LogP contribution in [0.2, 0.25) is 0 Å². The van der Waals surface area contributed by atoms with Gasteiger partial charge in [-0.05, 0) is 19.1 Å². The molecule has 0 bridgehead atoms. The number of methoxy groups -OCH3 is 1. The molecular weight excluding hydrogens is 234 g/mol. The van der Waals surface area contributed by atoms with E-state index >= 15 is 0 Å². The van der Waals surface area contributed by atoms with Crippen molar-refractivity contribution in [1.29, 1.82) is 0 Å². The zero-order valence-electron chi connectivity index (χ0n) is 11.0. The van der Waals surface area contributed by atoms with E-state index in [2.05, 4.69) is 28.7 Å². The lowest BCUT2D eigenvalue weighted by Gasteiger charge is -2.16. The molecule has 0 fully saturated rings. The van der Waals surface area contributed by atoms with Gasteiger partial charge in [-0.25, -0.2) is 4.98 Å². The van der Waals surface area contributed by atoms with Gasteiger partial charge < -0.3 is 14.6 Å². The molecule has 0 aliphatic carbocycles. The summed E-state index contributed by atoms with van der Waals surface area (Å²) in [7, 11) is 1.73. The molecule has 98 valence electrons.